The molecule has 3 rings (SSSR count). The largest absolute Gasteiger partial charge is 0.466 e. The Morgan fingerprint density at radius 3 is 2.88 bits per heavy atom. The van der Waals surface area contributed by atoms with E-state index in [1.54, 1.807) is 4.90 Å². The van der Waals surface area contributed by atoms with Gasteiger partial charge in [-0.2, -0.15) is 0 Å². The van der Waals surface area contributed by atoms with Gasteiger partial charge in [0.1, 0.15) is 23.7 Å². The minimum Gasteiger partial charge on any atom is -0.466 e. The van der Waals surface area contributed by atoms with Crippen molar-refractivity contribution in [2.24, 2.45) is 0 Å². The molecule has 2 aliphatic heterocycles. The van der Waals surface area contributed by atoms with E-state index in [-0.39, 0.29) is 18.2 Å². The Bertz CT molecular complexity index is 463. The van der Waals surface area contributed by atoms with Crippen molar-refractivity contribution in [3.05, 3.63) is 35.9 Å². The number of rotatable bonds is 3. The minimum atomic E-state index is -0.254. The summed E-state index contributed by atoms with van der Waals surface area (Å²) >= 11 is 0. The van der Waals surface area contributed by atoms with Crippen LogP contribution in [-0.4, -0.2) is 23.1 Å². The van der Waals surface area contributed by atoms with Gasteiger partial charge in [0.15, 0.2) is 0 Å². The fourth-order valence-corrected chi connectivity index (χ4v) is 2.24. The molecule has 2 saturated heterocycles. The van der Waals surface area contributed by atoms with Crippen LogP contribution < -0.4 is 0 Å². The molecule has 0 radical (unpaired) electrons. The Labute approximate surface area is 93.5 Å². The zero-order chi connectivity index (χ0) is 11.3. The molecule has 0 bridgehead atoms. The summed E-state index contributed by atoms with van der Waals surface area (Å²) in [4.78, 5) is 12.9. The highest BCUT2D eigenvalue weighted by Crippen LogP contribution is 2.43. The standard InChI is InChI=1S/C12H13NO3/c1-7-3-4-9(15-7)5-6-10-11-8(2)13(11)12(14)16-10/h3-4,10-11H,2,5-6H2,1H3/t10-,11+,13?/m1/s1. The number of aryl methyl sites for hydroxylation is 2. The van der Waals surface area contributed by atoms with Crippen LogP contribution in [0.15, 0.2) is 28.8 Å². The Morgan fingerprint density at radius 1 is 1.50 bits per heavy atom. The molecule has 0 saturated carbocycles. The summed E-state index contributed by atoms with van der Waals surface area (Å²) in [6, 6.07) is 4.02. The average Bonchev–Trinajstić information content (AvgIpc) is 2.57. The summed E-state index contributed by atoms with van der Waals surface area (Å²) in [5, 5.41) is 0. The number of furan rings is 1. The van der Waals surface area contributed by atoms with E-state index in [4.69, 9.17) is 9.15 Å². The van der Waals surface area contributed by atoms with Gasteiger partial charge in [-0.15, -0.1) is 0 Å². The van der Waals surface area contributed by atoms with Gasteiger partial charge in [0.05, 0.1) is 0 Å². The molecule has 0 unspecified atom stereocenters. The third-order valence-electron chi connectivity index (χ3n) is 3.13. The Balaban J connectivity index is 1.60. The second kappa shape index (κ2) is 3.14. The van der Waals surface area contributed by atoms with Crippen LogP contribution in [-0.2, 0) is 11.2 Å². The van der Waals surface area contributed by atoms with E-state index in [9.17, 15) is 4.79 Å². The van der Waals surface area contributed by atoms with Crippen molar-refractivity contribution in [2.45, 2.75) is 31.9 Å². The van der Waals surface area contributed by atoms with Crippen molar-refractivity contribution < 1.29 is 13.9 Å². The average molecular weight is 219 g/mol. The minimum absolute atomic E-state index is 0.0505. The first-order valence-electron chi connectivity index (χ1n) is 5.41. The molecule has 4 heteroatoms. The molecular formula is C12H13NO3. The number of carbonyl (C=O) groups excluding carboxylic acids is 1. The zero-order valence-corrected chi connectivity index (χ0v) is 9.10. The van der Waals surface area contributed by atoms with Crippen molar-refractivity contribution in [1.82, 2.24) is 4.90 Å². The van der Waals surface area contributed by atoms with Crippen LogP contribution in [0, 0.1) is 6.92 Å². The number of nitrogens with zero attached hydrogens (tertiary/aromatic N) is 1. The van der Waals surface area contributed by atoms with Gasteiger partial charge >= 0.3 is 6.09 Å². The summed E-state index contributed by atoms with van der Waals surface area (Å²) in [6.45, 7) is 5.73. The molecule has 1 aromatic rings. The van der Waals surface area contributed by atoms with Gasteiger partial charge in [-0.1, -0.05) is 6.58 Å². The monoisotopic (exact) mass is 219 g/mol. The molecule has 2 fully saturated rings. The van der Waals surface area contributed by atoms with Gasteiger partial charge in [0, 0.05) is 12.1 Å². The third-order valence-corrected chi connectivity index (χ3v) is 3.13. The van der Waals surface area contributed by atoms with E-state index < -0.39 is 0 Å². The first-order chi connectivity index (χ1) is 7.66. The third kappa shape index (κ3) is 1.33. The topological polar surface area (TPSA) is 42.4 Å². The Kier molecular flexibility index (Phi) is 1.87. The second-order valence-electron chi connectivity index (χ2n) is 4.28. The molecule has 1 aromatic heterocycles. The SMILES string of the molecule is C=C1[C@H]2[C@@H](CCc3ccc(C)o3)OC(=O)N12. The number of ether oxygens (including phenoxy) is 1. The van der Waals surface area contributed by atoms with Crippen LogP contribution in [0.3, 0.4) is 0 Å². The molecule has 0 aliphatic carbocycles. The number of carbonyl (C=O) groups is 1. The van der Waals surface area contributed by atoms with Gasteiger partial charge in [-0.25, -0.2) is 4.79 Å². The second-order valence-corrected chi connectivity index (χ2v) is 4.28. The summed E-state index contributed by atoms with van der Waals surface area (Å²) in [7, 11) is 0. The molecule has 2 aliphatic rings. The predicted molar refractivity (Wildman–Crippen MR) is 56.8 cm³/mol. The predicted octanol–water partition coefficient (Wildman–Crippen LogP) is 2.24. The maximum Gasteiger partial charge on any atom is 0.415 e. The molecule has 3 heterocycles. The maximum absolute atomic E-state index is 11.3. The Hall–Kier alpha value is -1.71. The van der Waals surface area contributed by atoms with Gasteiger partial charge < -0.3 is 9.15 Å². The lowest BCUT2D eigenvalue weighted by atomic mass is 10.1. The smallest absolute Gasteiger partial charge is 0.415 e. The highest BCUT2D eigenvalue weighted by molar-refractivity contribution is 5.79. The Morgan fingerprint density at radius 2 is 2.31 bits per heavy atom. The molecule has 4 nitrogen and oxygen atoms in total. The lowest BCUT2D eigenvalue weighted by Crippen LogP contribution is -2.16. The van der Waals surface area contributed by atoms with Gasteiger partial charge in [0.2, 0.25) is 0 Å². The fraction of sp³-hybridized carbons (Fsp3) is 0.417. The fourth-order valence-electron chi connectivity index (χ4n) is 2.24. The highest BCUT2D eigenvalue weighted by Gasteiger charge is 2.57. The number of amides is 1. The number of hydrogen-bond donors (Lipinski definition) is 0. The molecule has 0 N–H and O–H groups in total. The van der Waals surface area contributed by atoms with E-state index in [2.05, 4.69) is 6.58 Å². The van der Waals surface area contributed by atoms with Crippen molar-refractivity contribution >= 4 is 6.09 Å². The zero-order valence-electron chi connectivity index (χ0n) is 9.10. The molecule has 2 atom stereocenters. The molecule has 1 amide bonds. The number of hydrogen-bond acceptors (Lipinski definition) is 3. The van der Waals surface area contributed by atoms with Crippen molar-refractivity contribution in [3.63, 3.8) is 0 Å². The number of fused-ring (bicyclic) bond motifs is 1. The van der Waals surface area contributed by atoms with E-state index in [1.165, 1.54) is 0 Å². The molecule has 84 valence electrons. The van der Waals surface area contributed by atoms with Gasteiger partial charge in [-0.3, -0.25) is 4.90 Å². The normalized spacial score (nSPS) is 26.9. The van der Waals surface area contributed by atoms with E-state index in [1.807, 2.05) is 19.1 Å². The van der Waals surface area contributed by atoms with Crippen LogP contribution in [0.25, 0.3) is 0 Å². The lowest BCUT2D eigenvalue weighted by Gasteiger charge is -2.08. The molecule has 16 heavy (non-hydrogen) atoms. The van der Waals surface area contributed by atoms with Crippen LogP contribution in [0.1, 0.15) is 17.9 Å². The summed E-state index contributed by atoms with van der Waals surface area (Å²) in [5.41, 5.74) is 0.886. The van der Waals surface area contributed by atoms with Crippen molar-refractivity contribution in [2.75, 3.05) is 0 Å². The first-order valence-corrected chi connectivity index (χ1v) is 5.41. The van der Waals surface area contributed by atoms with Crippen LogP contribution in [0.4, 0.5) is 4.79 Å². The lowest BCUT2D eigenvalue weighted by molar-refractivity contribution is 0.121. The maximum atomic E-state index is 11.3. The summed E-state index contributed by atoms with van der Waals surface area (Å²) < 4.78 is 10.7. The van der Waals surface area contributed by atoms with E-state index in [0.29, 0.717) is 0 Å². The van der Waals surface area contributed by atoms with Crippen molar-refractivity contribution in [1.29, 1.82) is 0 Å². The van der Waals surface area contributed by atoms with Crippen molar-refractivity contribution in [3.8, 4) is 0 Å². The van der Waals surface area contributed by atoms with Crippen LogP contribution in [0.5, 0.6) is 0 Å². The molecule has 0 aromatic carbocycles. The summed E-state index contributed by atoms with van der Waals surface area (Å²) in [6.07, 6.45) is 1.28. The van der Waals surface area contributed by atoms with E-state index in [0.717, 1.165) is 30.1 Å². The van der Waals surface area contributed by atoms with Crippen LogP contribution in [0.2, 0.25) is 0 Å². The number of cyclic esters (lactones) is 1. The van der Waals surface area contributed by atoms with Gasteiger partial charge in [0.25, 0.3) is 0 Å². The first kappa shape index (κ1) is 9.51. The molecular weight excluding hydrogens is 206 g/mol. The highest BCUT2D eigenvalue weighted by atomic mass is 16.6. The molecule has 0 spiro atoms. The van der Waals surface area contributed by atoms with Gasteiger partial charge in [-0.05, 0) is 25.5 Å². The summed E-state index contributed by atoms with van der Waals surface area (Å²) in [5.74, 6) is 1.86. The van der Waals surface area contributed by atoms with Crippen LogP contribution >= 0.6 is 0 Å². The van der Waals surface area contributed by atoms with E-state index >= 15 is 0 Å². The quantitative estimate of drug-likeness (QED) is 0.732.